The molecule has 1 aliphatic rings. The lowest BCUT2D eigenvalue weighted by Gasteiger charge is -2.32. The minimum atomic E-state index is 0.736. The Hall–Kier alpha value is -3.00. The van der Waals surface area contributed by atoms with Gasteiger partial charge in [0, 0.05) is 38.6 Å². The number of aryl methyl sites for hydroxylation is 1. The molecule has 8 heteroatoms. The quantitative estimate of drug-likeness (QED) is 0.686. The summed E-state index contributed by atoms with van der Waals surface area (Å²) in [6, 6.07) is 9.83. The molecule has 1 fully saturated rings. The second kappa shape index (κ2) is 7.71. The maximum Gasteiger partial charge on any atom is 0.209 e. The highest BCUT2D eigenvalue weighted by Crippen LogP contribution is 2.31. The van der Waals surface area contributed by atoms with Crippen molar-refractivity contribution in [1.29, 1.82) is 0 Å². The third-order valence-corrected chi connectivity index (χ3v) is 5.48. The lowest BCUT2D eigenvalue weighted by atomic mass is 10.3. The number of nitrogens with one attached hydrogen (secondary N) is 1. The van der Waals surface area contributed by atoms with Gasteiger partial charge in [0.1, 0.15) is 11.6 Å². The standard InChI is InChI=1S/C19H20N6OS/c1-14-5-6-20-18(11-14)23-17-4-2-3-15(22-17)16-12-21-19(27-16)25-9-7-24(13-26)8-10-25/h2-6,11-13H,7-10H2,1H3,(H,20,22,23). The molecule has 0 aromatic carbocycles. The lowest BCUT2D eigenvalue weighted by Crippen LogP contribution is -2.45. The molecule has 0 saturated carbocycles. The highest BCUT2D eigenvalue weighted by atomic mass is 32.1. The first kappa shape index (κ1) is 17.4. The van der Waals surface area contributed by atoms with Crippen LogP contribution >= 0.6 is 11.3 Å². The monoisotopic (exact) mass is 380 g/mol. The van der Waals surface area contributed by atoms with Crippen LogP contribution in [-0.4, -0.2) is 52.4 Å². The van der Waals surface area contributed by atoms with Gasteiger partial charge in [0.15, 0.2) is 5.13 Å². The summed E-state index contributed by atoms with van der Waals surface area (Å²) in [5.41, 5.74) is 2.02. The third kappa shape index (κ3) is 4.06. The molecule has 138 valence electrons. The topological polar surface area (TPSA) is 74.2 Å². The number of carbonyl (C=O) groups is 1. The van der Waals surface area contributed by atoms with Crippen molar-refractivity contribution in [1.82, 2.24) is 19.9 Å². The van der Waals surface area contributed by atoms with Gasteiger partial charge in [-0.25, -0.2) is 15.0 Å². The molecule has 0 bridgehead atoms. The third-order valence-electron chi connectivity index (χ3n) is 4.40. The number of rotatable bonds is 5. The Labute approximate surface area is 161 Å². The molecular weight excluding hydrogens is 360 g/mol. The first-order valence-corrected chi connectivity index (χ1v) is 9.60. The zero-order chi connectivity index (χ0) is 18.6. The first-order valence-electron chi connectivity index (χ1n) is 8.78. The molecular formula is C19H20N6OS. The predicted octanol–water partition coefficient (Wildman–Crippen LogP) is 2.93. The van der Waals surface area contributed by atoms with Crippen molar-refractivity contribution in [2.45, 2.75) is 6.92 Å². The summed E-state index contributed by atoms with van der Waals surface area (Å²) >= 11 is 1.62. The zero-order valence-corrected chi connectivity index (χ0v) is 15.8. The van der Waals surface area contributed by atoms with Crippen molar-refractivity contribution < 1.29 is 4.79 Å². The minimum absolute atomic E-state index is 0.736. The number of thiazole rings is 1. The van der Waals surface area contributed by atoms with E-state index in [0.29, 0.717) is 0 Å². The minimum Gasteiger partial charge on any atom is -0.345 e. The summed E-state index contributed by atoms with van der Waals surface area (Å²) in [6.45, 7) is 5.11. The Kier molecular flexibility index (Phi) is 4.97. The largest absolute Gasteiger partial charge is 0.345 e. The Balaban J connectivity index is 1.49. The molecule has 3 aromatic rings. The molecule has 3 aromatic heterocycles. The smallest absolute Gasteiger partial charge is 0.209 e. The number of anilines is 3. The molecule has 0 radical (unpaired) electrons. The molecule has 1 amide bonds. The first-order chi connectivity index (χ1) is 13.2. The van der Waals surface area contributed by atoms with E-state index in [1.807, 2.05) is 43.5 Å². The van der Waals surface area contributed by atoms with Gasteiger partial charge in [0.25, 0.3) is 0 Å². The Morgan fingerprint density at radius 1 is 1.11 bits per heavy atom. The van der Waals surface area contributed by atoms with Gasteiger partial charge in [-0.2, -0.15) is 0 Å². The fourth-order valence-electron chi connectivity index (χ4n) is 2.93. The maximum atomic E-state index is 10.8. The number of pyridine rings is 2. The molecule has 4 heterocycles. The van der Waals surface area contributed by atoms with Crippen LogP contribution in [0.3, 0.4) is 0 Å². The van der Waals surface area contributed by atoms with Gasteiger partial charge in [-0.1, -0.05) is 17.4 Å². The number of nitrogens with zero attached hydrogens (tertiary/aromatic N) is 5. The maximum absolute atomic E-state index is 10.8. The van der Waals surface area contributed by atoms with Crippen LogP contribution in [0.5, 0.6) is 0 Å². The average Bonchev–Trinajstić information content (AvgIpc) is 3.19. The van der Waals surface area contributed by atoms with Gasteiger partial charge in [0.2, 0.25) is 6.41 Å². The van der Waals surface area contributed by atoms with Crippen molar-refractivity contribution >= 4 is 34.5 Å². The van der Waals surface area contributed by atoms with Crippen LogP contribution in [-0.2, 0) is 4.79 Å². The van der Waals surface area contributed by atoms with E-state index in [1.165, 1.54) is 0 Å². The summed E-state index contributed by atoms with van der Waals surface area (Å²) < 4.78 is 0. The fraction of sp³-hybridized carbons (Fsp3) is 0.263. The molecule has 1 N–H and O–H groups in total. The van der Waals surface area contributed by atoms with E-state index < -0.39 is 0 Å². The highest BCUT2D eigenvalue weighted by molar-refractivity contribution is 7.18. The molecule has 0 unspecified atom stereocenters. The zero-order valence-electron chi connectivity index (χ0n) is 15.0. The van der Waals surface area contributed by atoms with Crippen LogP contribution < -0.4 is 10.2 Å². The normalized spacial score (nSPS) is 14.3. The summed E-state index contributed by atoms with van der Waals surface area (Å²) in [4.78, 5) is 29.4. The van der Waals surface area contributed by atoms with E-state index >= 15 is 0 Å². The van der Waals surface area contributed by atoms with Crippen LogP contribution in [0.2, 0.25) is 0 Å². The molecule has 7 nitrogen and oxygen atoms in total. The van der Waals surface area contributed by atoms with E-state index in [9.17, 15) is 4.79 Å². The fourth-order valence-corrected chi connectivity index (χ4v) is 3.86. The van der Waals surface area contributed by atoms with Crippen molar-refractivity contribution in [2.75, 3.05) is 36.4 Å². The summed E-state index contributed by atoms with van der Waals surface area (Å²) in [7, 11) is 0. The van der Waals surface area contributed by atoms with Crippen LogP contribution in [0.1, 0.15) is 5.56 Å². The number of carbonyl (C=O) groups excluding carboxylic acids is 1. The SMILES string of the molecule is Cc1ccnc(Nc2cccc(-c3cnc(N4CCN(C=O)CC4)s3)n2)c1. The molecule has 0 aliphatic carbocycles. The van der Waals surface area contributed by atoms with E-state index in [4.69, 9.17) is 4.98 Å². The molecule has 1 saturated heterocycles. The van der Waals surface area contributed by atoms with Crippen molar-refractivity contribution in [2.24, 2.45) is 0 Å². The molecule has 27 heavy (non-hydrogen) atoms. The Bertz CT molecular complexity index is 935. The molecule has 0 atom stereocenters. The summed E-state index contributed by atoms with van der Waals surface area (Å²) in [6.07, 6.45) is 4.56. The molecule has 1 aliphatic heterocycles. The number of piperazine rings is 1. The number of hydrogen-bond donors (Lipinski definition) is 1. The molecule has 4 rings (SSSR count). The van der Waals surface area contributed by atoms with Crippen molar-refractivity contribution in [3.8, 4) is 10.6 Å². The van der Waals surface area contributed by atoms with Crippen molar-refractivity contribution in [3.63, 3.8) is 0 Å². The summed E-state index contributed by atoms with van der Waals surface area (Å²) in [5.74, 6) is 1.53. The van der Waals surface area contributed by atoms with E-state index in [2.05, 4.69) is 20.2 Å². The van der Waals surface area contributed by atoms with Gasteiger partial charge in [0.05, 0.1) is 10.6 Å². The van der Waals surface area contributed by atoms with Crippen LogP contribution in [0.15, 0.2) is 42.7 Å². The van der Waals surface area contributed by atoms with Gasteiger partial charge in [-0.15, -0.1) is 0 Å². The van der Waals surface area contributed by atoms with E-state index in [1.54, 1.807) is 22.4 Å². The second-order valence-electron chi connectivity index (χ2n) is 6.39. The molecule has 0 spiro atoms. The average molecular weight is 380 g/mol. The number of aromatic nitrogens is 3. The van der Waals surface area contributed by atoms with E-state index in [0.717, 1.165) is 65.5 Å². The van der Waals surface area contributed by atoms with Gasteiger partial charge in [-0.05, 0) is 36.8 Å². The predicted molar refractivity (Wildman–Crippen MR) is 107 cm³/mol. The van der Waals surface area contributed by atoms with Gasteiger partial charge in [-0.3, -0.25) is 4.79 Å². The van der Waals surface area contributed by atoms with Crippen LogP contribution in [0.4, 0.5) is 16.8 Å². The number of amides is 1. The Morgan fingerprint density at radius 2 is 1.96 bits per heavy atom. The van der Waals surface area contributed by atoms with E-state index in [-0.39, 0.29) is 0 Å². The summed E-state index contributed by atoms with van der Waals surface area (Å²) in [5, 5.41) is 4.22. The van der Waals surface area contributed by atoms with Gasteiger partial charge < -0.3 is 15.1 Å². The van der Waals surface area contributed by atoms with Crippen molar-refractivity contribution in [3.05, 3.63) is 48.3 Å². The van der Waals surface area contributed by atoms with Crippen LogP contribution in [0.25, 0.3) is 10.6 Å². The second-order valence-corrected chi connectivity index (χ2v) is 7.40. The lowest BCUT2D eigenvalue weighted by molar-refractivity contribution is -0.118. The highest BCUT2D eigenvalue weighted by Gasteiger charge is 2.19. The van der Waals surface area contributed by atoms with Crippen LogP contribution in [0, 0.1) is 6.92 Å². The Morgan fingerprint density at radius 3 is 2.74 bits per heavy atom. The number of hydrogen-bond acceptors (Lipinski definition) is 7. The van der Waals surface area contributed by atoms with Gasteiger partial charge >= 0.3 is 0 Å².